The molecule has 0 bridgehead atoms. The smallest absolute Gasteiger partial charge is 0.316 e. The Bertz CT molecular complexity index is 668. The first kappa shape index (κ1) is 14.4. The monoisotopic (exact) mass is 286 g/mol. The lowest BCUT2D eigenvalue weighted by atomic mass is 10.2. The van der Waals surface area contributed by atoms with E-state index < -0.39 is 11.8 Å². The Morgan fingerprint density at radius 2 is 1.62 bits per heavy atom. The first-order valence-corrected chi connectivity index (χ1v) is 6.15. The van der Waals surface area contributed by atoms with Gasteiger partial charge in [-0.15, -0.1) is 0 Å². The van der Waals surface area contributed by atoms with Crippen LogP contribution in [0.25, 0.3) is 0 Å². The molecule has 3 N–H and O–H groups in total. The number of amides is 2. The summed E-state index contributed by atoms with van der Waals surface area (Å²) in [5.41, 5.74) is 0.625. The Labute approximate surface area is 121 Å². The van der Waals surface area contributed by atoms with Crippen LogP contribution < -0.4 is 10.2 Å². The Morgan fingerprint density at radius 3 is 2.24 bits per heavy atom. The lowest BCUT2D eigenvalue weighted by molar-refractivity contribution is -0.134. The molecule has 0 spiro atoms. The van der Waals surface area contributed by atoms with Crippen molar-refractivity contribution < 1.29 is 19.8 Å². The molecule has 0 aliphatic carbocycles. The van der Waals surface area contributed by atoms with Gasteiger partial charge >= 0.3 is 11.8 Å². The summed E-state index contributed by atoms with van der Waals surface area (Å²) in [6.07, 6.45) is 0. The standard InChI is InChI=1S/C15H14N2O4/c1-17(10-6-8-11(18)9-7-10)15(21)14(20)16-12-4-2-3-5-13(12)19/h2-9,18-19H,1H3,(H,16,20). The van der Waals surface area contributed by atoms with Crippen molar-refractivity contribution in [1.29, 1.82) is 0 Å². The second-order valence-corrected chi connectivity index (χ2v) is 4.35. The zero-order chi connectivity index (χ0) is 15.4. The number of phenols is 2. The highest BCUT2D eigenvalue weighted by Gasteiger charge is 2.20. The number of nitrogens with one attached hydrogen (secondary N) is 1. The molecule has 2 aromatic rings. The average Bonchev–Trinajstić information content (AvgIpc) is 2.49. The largest absolute Gasteiger partial charge is 0.508 e. The van der Waals surface area contributed by atoms with Gasteiger partial charge < -0.3 is 20.4 Å². The molecule has 0 saturated carbocycles. The third-order valence-corrected chi connectivity index (χ3v) is 2.89. The second-order valence-electron chi connectivity index (χ2n) is 4.35. The van der Waals surface area contributed by atoms with Gasteiger partial charge in [0.25, 0.3) is 0 Å². The fourth-order valence-corrected chi connectivity index (χ4v) is 1.70. The van der Waals surface area contributed by atoms with Gasteiger partial charge in [-0.3, -0.25) is 9.59 Å². The van der Waals surface area contributed by atoms with E-state index in [4.69, 9.17) is 0 Å². The van der Waals surface area contributed by atoms with Crippen molar-refractivity contribution >= 4 is 23.2 Å². The zero-order valence-electron chi connectivity index (χ0n) is 11.3. The Hall–Kier alpha value is -3.02. The number of carbonyl (C=O) groups excluding carboxylic acids is 2. The van der Waals surface area contributed by atoms with Crippen molar-refractivity contribution in [2.24, 2.45) is 0 Å². The molecule has 108 valence electrons. The SMILES string of the molecule is CN(C(=O)C(=O)Nc1ccccc1O)c1ccc(O)cc1. The van der Waals surface area contributed by atoms with Crippen LogP contribution in [0.15, 0.2) is 48.5 Å². The van der Waals surface area contributed by atoms with Crippen LogP contribution in [0.5, 0.6) is 11.5 Å². The van der Waals surface area contributed by atoms with Crippen LogP contribution in [0.2, 0.25) is 0 Å². The lowest BCUT2D eigenvalue weighted by Crippen LogP contribution is -2.37. The highest BCUT2D eigenvalue weighted by molar-refractivity contribution is 6.44. The number of likely N-dealkylation sites (N-methyl/N-ethyl adjacent to an activating group) is 1. The van der Waals surface area contributed by atoms with E-state index in [-0.39, 0.29) is 17.2 Å². The summed E-state index contributed by atoms with van der Waals surface area (Å²) in [5, 5.41) is 21.1. The molecule has 0 heterocycles. The molecule has 6 heteroatoms. The van der Waals surface area contributed by atoms with Crippen LogP contribution in [0.1, 0.15) is 0 Å². The second kappa shape index (κ2) is 5.96. The van der Waals surface area contributed by atoms with E-state index in [0.29, 0.717) is 5.69 Å². The fraction of sp³-hybridized carbons (Fsp3) is 0.0667. The van der Waals surface area contributed by atoms with E-state index in [1.165, 1.54) is 43.4 Å². The van der Waals surface area contributed by atoms with Crippen LogP contribution in [-0.4, -0.2) is 29.1 Å². The topological polar surface area (TPSA) is 89.9 Å². The average molecular weight is 286 g/mol. The molecule has 2 rings (SSSR count). The molecule has 21 heavy (non-hydrogen) atoms. The maximum atomic E-state index is 12.0. The van der Waals surface area contributed by atoms with Crippen molar-refractivity contribution in [1.82, 2.24) is 0 Å². The Kier molecular flexibility index (Phi) is 4.08. The van der Waals surface area contributed by atoms with Gasteiger partial charge in [-0.2, -0.15) is 0 Å². The van der Waals surface area contributed by atoms with E-state index in [2.05, 4.69) is 5.32 Å². The quantitative estimate of drug-likeness (QED) is 0.579. The number of rotatable bonds is 2. The Balaban J connectivity index is 2.10. The maximum Gasteiger partial charge on any atom is 0.316 e. The molecule has 0 fully saturated rings. The highest BCUT2D eigenvalue weighted by atomic mass is 16.3. The highest BCUT2D eigenvalue weighted by Crippen LogP contribution is 2.22. The molecular formula is C15H14N2O4. The van der Waals surface area contributed by atoms with Crippen LogP contribution in [0.4, 0.5) is 11.4 Å². The number of nitrogens with zero attached hydrogens (tertiary/aromatic N) is 1. The minimum atomic E-state index is -0.868. The number of para-hydroxylation sites is 2. The Morgan fingerprint density at radius 1 is 1.00 bits per heavy atom. The summed E-state index contributed by atoms with van der Waals surface area (Å²) in [6, 6.07) is 12.0. The van der Waals surface area contributed by atoms with Gasteiger partial charge in [-0.05, 0) is 36.4 Å². The van der Waals surface area contributed by atoms with Crippen LogP contribution >= 0.6 is 0 Å². The van der Waals surface area contributed by atoms with Crippen LogP contribution in [0, 0.1) is 0 Å². The number of benzene rings is 2. The molecule has 0 atom stereocenters. The van der Waals surface area contributed by atoms with Gasteiger partial charge in [0.15, 0.2) is 0 Å². The summed E-state index contributed by atoms with van der Waals surface area (Å²) >= 11 is 0. The van der Waals surface area contributed by atoms with Crippen molar-refractivity contribution in [2.75, 3.05) is 17.3 Å². The minimum absolute atomic E-state index is 0.0678. The number of phenolic OH excluding ortho intramolecular Hbond substituents is 2. The van der Waals surface area contributed by atoms with Gasteiger partial charge in [0.1, 0.15) is 11.5 Å². The molecule has 0 aromatic heterocycles. The molecule has 0 saturated heterocycles. The minimum Gasteiger partial charge on any atom is -0.508 e. The van der Waals surface area contributed by atoms with Gasteiger partial charge in [0.2, 0.25) is 0 Å². The van der Waals surface area contributed by atoms with E-state index in [9.17, 15) is 19.8 Å². The molecule has 0 aliphatic heterocycles. The van der Waals surface area contributed by atoms with E-state index in [0.717, 1.165) is 4.90 Å². The zero-order valence-corrected chi connectivity index (χ0v) is 11.3. The number of hydrogen-bond acceptors (Lipinski definition) is 4. The molecule has 0 unspecified atom stereocenters. The van der Waals surface area contributed by atoms with Crippen LogP contribution in [-0.2, 0) is 9.59 Å². The van der Waals surface area contributed by atoms with Crippen molar-refractivity contribution in [3.63, 3.8) is 0 Å². The molecule has 2 aromatic carbocycles. The predicted octanol–water partition coefficient (Wildman–Crippen LogP) is 1.70. The van der Waals surface area contributed by atoms with Gasteiger partial charge in [-0.25, -0.2) is 0 Å². The molecule has 6 nitrogen and oxygen atoms in total. The van der Waals surface area contributed by atoms with Crippen molar-refractivity contribution in [2.45, 2.75) is 0 Å². The number of aromatic hydroxyl groups is 2. The van der Waals surface area contributed by atoms with Crippen molar-refractivity contribution in [3.05, 3.63) is 48.5 Å². The van der Waals surface area contributed by atoms with E-state index in [1.807, 2.05) is 0 Å². The lowest BCUT2D eigenvalue weighted by Gasteiger charge is -2.17. The summed E-state index contributed by atoms with van der Waals surface area (Å²) < 4.78 is 0. The number of hydrogen-bond donors (Lipinski definition) is 3. The summed E-state index contributed by atoms with van der Waals surface area (Å²) in [4.78, 5) is 25.0. The summed E-state index contributed by atoms with van der Waals surface area (Å²) in [5.74, 6) is -1.71. The molecular weight excluding hydrogens is 272 g/mol. The van der Waals surface area contributed by atoms with E-state index in [1.54, 1.807) is 12.1 Å². The predicted molar refractivity (Wildman–Crippen MR) is 78.3 cm³/mol. The normalized spacial score (nSPS) is 9.95. The first-order chi connectivity index (χ1) is 9.99. The summed E-state index contributed by atoms with van der Waals surface area (Å²) in [6.45, 7) is 0. The van der Waals surface area contributed by atoms with Gasteiger partial charge in [-0.1, -0.05) is 12.1 Å². The third kappa shape index (κ3) is 3.30. The third-order valence-electron chi connectivity index (χ3n) is 2.89. The summed E-state index contributed by atoms with van der Waals surface area (Å²) in [7, 11) is 1.44. The van der Waals surface area contributed by atoms with Crippen LogP contribution in [0.3, 0.4) is 0 Å². The molecule has 2 amide bonds. The maximum absolute atomic E-state index is 12.0. The molecule has 0 radical (unpaired) electrons. The molecule has 0 aliphatic rings. The van der Waals surface area contributed by atoms with E-state index >= 15 is 0 Å². The van der Waals surface area contributed by atoms with Gasteiger partial charge in [0, 0.05) is 12.7 Å². The first-order valence-electron chi connectivity index (χ1n) is 6.15. The van der Waals surface area contributed by atoms with Crippen molar-refractivity contribution in [3.8, 4) is 11.5 Å². The van der Waals surface area contributed by atoms with Gasteiger partial charge in [0.05, 0.1) is 5.69 Å². The fourth-order valence-electron chi connectivity index (χ4n) is 1.70. The number of carbonyl (C=O) groups is 2. The number of anilines is 2.